The Morgan fingerprint density at radius 3 is 2.43 bits per heavy atom. The first-order valence-electron chi connectivity index (χ1n) is 1.68. The molecule has 0 N–H and O–H groups in total. The molecule has 0 fully saturated rings. The standard InChI is InChI=1S/C3H4BrNO2/c4-1-3(6)2-5-7/h1-2H2. The van der Waals surface area contributed by atoms with Crippen molar-refractivity contribution in [3.8, 4) is 0 Å². The maximum absolute atomic E-state index is 10.1. The minimum absolute atomic E-state index is 0.185. The summed E-state index contributed by atoms with van der Waals surface area (Å²) < 4.78 is 0. The van der Waals surface area contributed by atoms with E-state index in [0.29, 0.717) is 0 Å². The molecule has 0 rings (SSSR count). The summed E-state index contributed by atoms with van der Waals surface area (Å²) in [4.78, 5) is 19.4. The van der Waals surface area contributed by atoms with Crippen LogP contribution in [-0.2, 0) is 4.79 Å². The highest BCUT2D eigenvalue weighted by Crippen LogP contribution is 1.81. The average Bonchev–Trinajstić information content (AvgIpc) is 1.68. The summed E-state index contributed by atoms with van der Waals surface area (Å²) in [6, 6.07) is 0. The lowest BCUT2D eigenvalue weighted by atomic mass is 10.5. The van der Waals surface area contributed by atoms with Gasteiger partial charge in [0.25, 0.3) is 0 Å². The lowest BCUT2D eigenvalue weighted by molar-refractivity contribution is -0.115. The van der Waals surface area contributed by atoms with Crippen molar-refractivity contribution in [1.29, 1.82) is 0 Å². The Kier molecular flexibility index (Phi) is 3.78. The Hall–Kier alpha value is -0.250. The second-order valence-corrected chi connectivity index (χ2v) is 1.52. The molecule has 0 aliphatic rings. The van der Waals surface area contributed by atoms with Crippen molar-refractivity contribution in [3.63, 3.8) is 0 Å². The first-order chi connectivity index (χ1) is 3.31. The van der Waals surface area contributed by atoms with Gasteiger partial charge in [-0.2, -0.15) is 4.91 Å². The van der Waals surface area contributed by atoms with Gasteiger partial charge in [0, 0.05) is 0 Å². The van der Waals surface area contributed by atoms with Gasteiger partial charge in [0.1, 0.15) is 6.54 Å². The Labute approximate surface area is 49.2 Å². The highest BCUT2D eigenvalue weighted by atomic mass is 79.9. The quantitative estimate of drug-likeness (QED) is 0.457. The molecule has 0 aliphatic heterocycles. The molecule has 0 saturated carbocycles. The maximum atomic E-state index is 10.1. The number of rotatable bonds is 3. The monoisotopic (exact) mass is 165 g/mol. The molecule has 0 aliphatic carbocycles. The molecule has 7 heavy (non-hydrogen) atoms. The fraction of sp³-hybridized carbons (Fsp3) is 0.667. The van der Waals surface area contributed by atoms with Crippen LogP contribution >= 0.6 is 15.9 Å². The van der Waals surface area contributed by atoms with Crippen molar-refractivity contribution < 1.29 is 4.79 Å². The predicted molar refractivity (Wildman–Crippen MR) is 29.5 cm³/mol. The molecule has 0 radical (unpaired) electrons. The van der Waals surface area contributed by atoms with Crippen molar-refractivity contribution in [3.05, 3.63) is 4.91 Å². The zero-order chi connectivity index (χ0) is 5.70. The van der Waals surface area contributed by atoms with Gasteiger partial charge in [-0.05, 0) is 0 Å². The molecule has 0 heterocycles. The van der Waals surface area contributed by atoms with E-state index in [1.54, 1.807) is 0 Å². The molecular formula is C3H4BrNO2. The van der Waals surface area contributed by atoms with Gasteiger partial charge in [0.05, 0.1) is 5.33 Å². The third-order valence-electron chi connectivity index (χ3n) is 0.390. The Bertz CT molecular complexity index is 83.0. The lowest BCUT2D eigenvalue weighted by Crippen LogP contribution is -2.01. The van der Waals surface area contributed by atoms with E-state index in [1.165, 1.54) is 0 Å². The Balaban J connectivity index is 3.17. The number of alkyl halides is 1. The fourth-order valence-corrected chi connectivity index (χ4v) is 0.292. The van der Waals surface area contributed by atoms with Gasteiger partial charge in [-0.1, -0.05) is 21.1 Å². The van der Waals surface area contributed by atoms with Gasteiger partial charge in [0.2, 0.25) is 0 Å². The summed E-state index contributed by atoms with van der Waals surface area (Å²) in [6.45, 7) is -0.217. The summed E-state index contributed by atoms with van der Waals surface area (Å²) >= 11 is 2.87. The van der Waals surface area contributed by atoms with Crippen LogP contribution in [0.1, 0.15) is 0 Å². The second kappa shape index (κ2) is 3.92. The van der Waals surface area contributed by atoms with Gasteiger partial charge in [0.15, 0.2) is 5.78 Å². The first-order valence-corrected chi connectivity index (χ1v) is 2.80. The number of nitroso groups, excluding NO2 is 1. The predicted octanol–water partition coefficient (Wildman–Crippen LogP) is 0.717. The number of carbonyl (C=O) groups excluding carboxylic acids is 1. The molecule has 3 nitrogen and oxygen atoms in total. The summed E-state index contributed by atoms with van der Waals surface area (Å²) in [7, 11) is 0. The van der Waals surface area contributed by atoms with Gasteiger partial charge in [-0.25, -0.2) is 0 Å². The van der Waals surface area contributed by atoms with Crippen molar-refractivity contribution in [2.75, 3.05) is 11.9 Å². The normalized spacial score (nSPS) is 8.14. The molecule has 0 atom stereocenters. The Morgan fingerprint density at radius 1 is 1.71 bits per heavy atom. The number of halogens is 1. The van der Waals surface area contributed by atoms with Gasteiger partial charge in [-0.3, -0.25) is 4.79 Å². The van der Waals surface area contributed by atoms with Crippen LogP contribution < -0.4 is 0 Å². The number of carbonyl (C=O) groups is 1. The molecule has 0 aromatic rings. The summed E-state index contributed by atoms with van der Waals surface area (Å²) in [5.74, 6) is -0.185. The van der Waals surface area contributed by atoms with Crippen molar-refractivity contribution in [1.82, 2.24) is 0 Å². The van der Waals surface area contributed by atoms with Gasteiger partial charge >= 0.3 is 0 Å². The largest absolute Gasteiger partial charge is 0.297 e. The SMILES string of the molecule is O=NCC(=O)CBr. The lowest BCUT2D eigenvalue weighted by Gasteiger charge is -1.78. The number of Topliss-reactive ketones (excluding diaryl/α,β-unsaturated/α-hetero) is 1. The van der Waals surface area contributed by atoms with Crippen LogP contribution in [0, 0.1) is 4.91 Å². The number of hydrogen-bond donors (Lipinski definition) is 0. The molecule has 4 heteroatoms. The average molecular weight is 166 g/mol. The van der Waals surface area contributed by atoms with Crippen LogP contribution in [0.25, 0.3) is 0 Å². The molecule has 0 amide bonds. The van der Waals surface area contributed by atoms with Crippen LogP contribution in [0.2, 0.25) is 0 Å². The third kappa shape index (κ3) is 3.58. The van der Waals surface area contributed by atoms with Crippen LogP contribution in [0.3, 0.4) is 0 Å². The van der Waals surface area contributed by atoms with Crippen LogP contribution in [0.15, 0.2) is 5.18 Å². The van der Waals surface area contributed by atoms with E-state index >= 15 is 0 Å². The third-order valence-corrected chi connectivity index (χ3v) is 1.02. The summed E-state index contributed by atoms with van der Waals surface area (Å²) in [6.07, 6.45) is 0. The number of ketones is 1. The fourth-order valence-electron chi connectivity index (χ4n) is 0.114. The molecule has 0 unspecified atom stereocenters. The van der Waals surface area contributed by atoms with Crippen molar-refractivity contribution >= 4 is 21.7 Å². The zero-order valence-corrected chi connectivity index (χ0v) is 5.14. The molecule has 0 bridgehead atoms. The first kappa shape index (κ1) is 6.75. The minimum Gasteiger partial charge on any atom is -0.297 e. The van der Waals surface area contributed by atoms with E-state index in [0.717, 1.165) is 0 Å². The van der Waals surface area contributed by atoms with E-state index in [9.17, 15) is 9.70 Å². The van der Waals surface area contributed by atoms with Crippen molar-refractivity contribution in [2.24, 2.45) is 5.18 Å². The summed E-state index contributed by atoms with van der Waals surface area (Å²) in [5.41, 5.74) is 0. The van der Waals surface area contributed by atoms with Crippen LogP contribution in [0.4, 0.5) is 0 Å². The molecule has 0 aromatic carbocycles. The minimum atomic E-state index is -0.217. The maximum Gasteiger partial charge on any atom is 0.168 e. The Morgan fingerprint density at radius 2 is 2.29 bits per heavy atom. The number of nitrogens with zero attached hydrogens (tertiary/aromatic N) is 1. The topological polar surface area (TPSA) is 46.5 Å². The molecule has 40 valence electrons. The highest BCUT2D eigenvalue weighted by molar-refractivity contribution is 9.09. The van der Waals surface area contributed by atoms with E-state index in [4.69, 9.17) is 0 Å². The molecule has 0 spiro atoms. The molecular weight excluding hydrogens is 162 g/mol. The van der Waals surface area contributed by atoms with E-state index in [2.05, 4.69) is 21.1 Å². The molecule has 0 aromatic heterocycles. The van der Waals surface area contributed by atoms with Crippen molar-refractivity contribution in [2.45, 2.75) is 0 Å². The van der Waals surface area contributed by atoms with E-state index in [-0.39, 0.29) is 17.7 Å². The summed E-state index contributed by atoms with van der Waals surface area (Å²) in [5, 5.41) is 2.60. The van der Waals surface area contributed by atoms with Gasteiger partial charge < -0.3 is 0 Å². The molecule has 0 saturated heterocycles. The zero-order valence-electron chi connectivity index (χ0n) is 3.56. The van der Waals surface area contributed by atoms with E-state index < -0.39 is 0 Å². The second-order valence-electron chi connectivity index (χ2n) is 0.960. The smallest absolute Gasteiger partial charge is 0.168 e. The highest BCUT2D eigenvalue weighted by Gasteiger charge is 1.94. The van der Waals surface area contributed by atoms with Crippen LogP contribution in [-0.4, -0.2) is 17.7 Å². The van der Waals surface area contributed by atoms with Gasteiger partial charge in [-0.15, -0.1) is 0 Å². The van der Waals surface area contributed by atoms with E-state index in [1.807, 2.05) is 0 Å². The number of hydrogen-bond acceptors (Lipinski definition) is 3. The van der Waals surface area contributed by atoms with Crippen LogP contribution in [0.5, 0.6) is 0 Å².